The van der Waals surface area contributed by atoms with Gasteiger partial charge in [0, 0.05) is 27.9 Å². The zero-order valence-corrected chi connectivity index (χ0v) is 13.3. The first-order valence-corrected chi connectivity index (χ1v) is 7.29. The molecule has 1 N–H and O–H groups in total. The predicted octanol–water partition coefficient (Wildman–Crippen LogP) is 4.31. The van der Waals surface area contributed by atoms with Crippen LogP contribution in [0.1, 0.15) is 22.7 Å². The Morgan fingerprint density at radius 3 is 2.68 bits per heavy atom. The van der Waals surface area contributed by atoms with E-state index in [1.165, 1.54) is 16.7 Å². The first kappa shape index (κ1) is 14.5. The van der Waals surface area contributed by atoms with E-state index < -0.39 is 0 Å². The second kappa shape index (κ2) is 6.51. The summed E-state index contributed by atoms with van der Waals surface area (Å²) >= 11 is 9.58. The number of rotatable bonds is 4. The summed E-state index contributed by atoms with van der Waals surface area (Å²) in [6.45, 7) is 2.06. The van der Waals surface area contributed by atoms with Crippen LogP contribution in [0.2, 0.25) is 5.02 Å². The molecule has 2 nitrogen and oxygen atoms in total. The summed E-state index contributed by atoms with van der Waals surface area (Å²) in [5.41, 5.74) is 3.56. The van der Waals surface area contributed by atoms with Gasteiger partial charge in [-0.3, -0.25) is 4.98 Å². The molecule has 1 atom stereocenters. The van der Waals surface area contributed by atoms with Crippen LogP contribution in [0.3, 0.4) is 0 Å². The van der Waals surface area contributed by atoms with Crippen LogP contribution >= 0.6 is 27.5 Å². The number of halogens is 2. The summed E-state index contributed by atoms with van der Waals surface area (Å²) in [4.78, 5) is 4.20. The molecule has 1 aromatic heterocycles. The average molecular weight is 340 g/mol. The van der Waals surface area contributed by atoms with Crippen LogP contribution in [0.5, 0.6) is 0 Å². The molecule has 0 saturated carbocycles. The van der Waals surface area contributed by atoms with E-state index in [1.54, 1.807) is 6.20 Å². The summed E-state index contributed by atoms with van der Waals surface area (Å²) < 4.78 is 1.00. The molecular weight excluding hydrogens is 324 g/mol. The molecule has 0 aliphatic heterocycles. The van der Waals surface area contributed by atoms with Gasteiger partial charge in [-0.2, -0.15) is 0 Å². The minimum absolute atomic E-state index is 0.230. The van der Waals surface area contributed by atoms with Crippen molar-refractivity contribution in [3.05, 3.63) is 62.8 Å². The third-order valence-electron chi connectivity index (χ3n) is 3.02. The molecule has 19 heavy (non-hydrogen) atoms. The molecular formula is C15H16BrClN2. The van der Waals surface area contributed by atoms with Crippen molar-refractivity contribution < 1.29 is 0 Å². The topological polar surface area (TPSA) is 24.9 Å². The van der Waals surface area contributed by atoms with E-state index in [0.717, 1.165) is 15.9 Å². The Kier molecular flexibility index (Phi) is 4.97. The number of likely N-dealkylation sites (N-methyl/N-ethyl adjacent to an activating group) is 1. The highest BCUT2D eigenvalue weighted by Crippen LogP contribution is 2.23. The monoisotopic (exact) mass is 338 g/mol. The van der Waals surface area contributed by atoms with Crippen LogP contribution in [0.4, 0.5) is 0 Å². The Hall–Kier alpha value is -0.900. The van der Waals surface area contributed by atoms with Crippen molar-refractivity contribution in [2.75, 3.05) is 7.05 Å². The van der Waals surface area contributed by atoms with Crippen LogP contribution in [0, 0.1) is 6.92 Å². The second-order valence-corrected chi connectivity index (χ2v) is 5.97. The van der Waals surface area contributed by atoms with Crippen molar-refractivity contribution in [1.82, 2.24) is 10.3 Å². The van der Waals surface area contributed by atoms with Gasteiger partial charge in [0.1, 0.15) is 0 Å². The van der Waals surface area contributed by atoms with Crippen molar-refractivity contribution >= 4 is 27.5 Å². The van der Waals surface area contributed by atoms with E-state index in [4.69, 9.17) is 11.6 Å². The zero-order chi connectivity index (χ0) is 13.8. The number of aryl methyl sites for hydroxylation is 1. The number of hydrogen-bond donors (Lipinski definition) is 1. The second-order valence-electron chi connectivity index (χ2n) is 4.62. The SMILES string of the molecule is CNC(Cc1cncc(Br)c1)c1cc(C)cc(Cl)c1. The number of nitrogens with zero attached hydrogens (tertiary/aromatic N) is 1. The van der Waals surface area contributed by atoms with Crippen molar-refractivity contribution in [2.24, 2.45) is 0 Å². The fourth-order valence-electron chi connectivity index (χ4n) is 2.16. The maximum Gasteiger partial charge on any atom is 0.0411 e. The number of hydrogen-bond acceptors (Lipinski definition) is 2. The third-order valence-corrected chi connectivity index (χ3v) is 3.67. The van der Waals surface area contributed by atoms with Crippen LogP contribution in [-0.4, -0.2) is 12.0 Å². The molecule has 1 aromatic carbocycles. The predicted molar refractivity (Wildman–Crippen MR) is 83.6 cm³/mol. The van der Waals surface area contributed by atoms with Crippen molar-refractivity contribution in [2.45, 2.75) is 19.4 Å². The molecule has 4 heteroatoms. The molecule has 0 fully saturated rings. The van der Waals surface area contributed by atoms with Gasteiger partial charge in [-0.25, -0.2) is 0 Å². The quantitative estimate of drug-likeness (QED) is 0.898. The maximum atomic E-state index is 6.13. The number of pyridine rings is 1. The highest BCUT2D eigenvalue weighted by atomic mass is 79.9. The lowest BCUT2D eigenvalue weighted by Crippen LogP contribution is -2.19. The van der Waals surface area contributed by atoms with E-state index in [1.807, 2.05) is 25.4 Å². The Labute approximate surface area is 127 Å². The van der Waals surface area contributed by atoms with Gasteiger partial charge < -0.3 is 5.32 Å². The fraction of sp³-hybridized carbons (Fsp3) is 0.267. The summed E-state index contributed by atoms with van der Waals surface area (Å²) in [5.74, 6) is 0. The van der Waals surface area contributed by atoms with E-state index >= 15 is 0 Å². The molecule has 100 valence electrons. The molecule has 1 heterocycles. The van der Waals surface area contributed by atoms with E-state index in [9.17, 15) is 0 Å². The highest BCUT2D eigenvalue weighted by molar-refractivity contribution is 9.10. The van der Waals surface area contributed by atoms with Gasteiger partial charge in [0.2, 0.25) is 0 Å². The molecule has 0 bridgehead atoms. The normalized spacial score (nSPS) is 12.4. The summed E-state index contributed by atoms with van der Waals surface area (Å²) in [6.07, 6.45) is 4.57. The van der Waals surface area contributed by atoms with Crippen LogP contribution in [-0.2, 0) is 6.42 Å². The summed E-state index contributed by atoms with van der Waals surface area (Å²) in [7, 11) is 1.96. The lowest BCUT2D eigenvalue weighted by Gasteiger charge is -2.17. The maximum absolute atomic E-state index is 6.13. The van der Waals surface area contributed by atoms with E-state index in [0.29, 0.717) is 0 Å². The third kappa shape index (κ3) is 4.03. The van der Waals surface area contributed by atoms with Gasteiger partial charge in [-0.05, 0) is 71.2 Å². The van der Waals surface area contributed by atoms with Gasteiger partial charge >= 0.3 is 0 Å². The van der Waals surface area contributed by atoms with Gasteiger partial charge in [-0.15, -0.1) is 0 Å². The Morgan fingerprint density at radius 2 is 2.05 bits per heavy atom. The molecule has 0 spiro atoms. The fourth-order valence-corrected chi connectivity index (χ4v) is 2.87. The zero-order valence-electron chi connectivity index (χ0n) is 11.0. The van der Waals surface area contributed by atoms with Crippen molar-refractivity contribution in [3.8, 4) is 0 Å². The van der Waals surface area contributed by atoms with Gasteiger partial charge in [0.15, 0.2) is 0 Å². The van der Waals surface area contributed by atoms with E-state index in [2.05, 4.69) is 45.3 Å². The standard InChI is InChI=1S/C15H16BrClN2/c1-10-3-12(7-14(17)4-10)15(18-2)6-11-5-13(16)9-19-8-11/h3-5,7-9,15,18H,6H2,1-2H3. The molecule has 2 aromatic rings. The van der Waals surface area contributed by atoms with Crippen molar-refractivity contribution in [3.63, 3.8) is 0 Å². The first-order valence-electron chi connectivity index (χ1n) is 6.12. The summed E-state index contributed by atoms with van der Waals surface area (Å²) in [5, 5.41) is 4.12. The Bertz CT molecular complexity index is 552. The summed E-state index contributed by atoms with van der Waals surface area (Å²) in [6, 6.07) is 8.47. The Morgan fingerprint density at radius 1 is 1.26 bits per heavy atom. The molecule has 2 rings (SSSR count). The highest BCUT2D eigenvalue weighted by Gasteiger charge is 2.11. The van der Waals surface area contributed by atoms with Crippen molar-refractivity contribution in [1.29, 1.82) is 0 Å². The number of aromatic nitrogens is 1. The molecule has 0 radical (unpaired) electrons. The van der Waals surface area contributed by atoms with Gasteiger partial charge in [0.25, 0.3) is 0 Å². The van der Waals surface area contributed by atoms with Crippen LogP contribution in [0.15, 0.2) is 41.1 Å². The van der Waals surface area contributed by atoms with Gasteiger partial charge in [0.05, 0.1) is 0 Å². The molecule has 1 unspecified atom stereocenters. The Balaban J connectivity index is 2.24. The first-order chi connectivity index (χ1) is 9.08. The molecule has 0 aliphatic carbocycles. The molecule has 0 saturated heterocycles. The molecule has 0 aliphatic rings. The number of nitrogens with one attached hydrogen (secondary N) is 1. The lowest BCUT2D eigenvalue weighted by atomic mass is 9.98. The molecule has 0 amide bonds. The minimum Gasteiger partial charge on any atom is -0.313 e. The van der Waals surface area contributed by atoms with Crippen LogP contribution in [0.25, 0.3) is 0 Å². The van der Waals surface area contributed by atoms with Crippen LogP contribution < -0.4 is 5.32 Å². The smallest absolute Gasteiger partial charge is 0.0411 e. The largest absolute Gasteiger partial charge is 0.313 e. The lowest BCUT2D eigenvalue weighted by molar-refractivity contribution is 0.590. The number of benzene rings is 1. The van der Waals surface area contributed by atoms with E-state index in [-0.39, 0.29) is 6.04 Å². The average Bonchev–Trinajstić information content (AvgIpc) is 2.34. The van der Waals surface area contributed by atoms with Gasteiger partial charge in [-0.1, -0.05) is 17.7 Å². The minimum atomic E-state index is 0.230.